The van der Waals surface area contributed by atoms with Gasteiger partial charge in [0.1, 0.15) is 5.82 Å². The van der Waals surface area contributed by atoms with E-state index in [2.05, 4.69) is 11.4 Å². The zero-order valence-electron chi connectivity index (χ0n) is 11.4. The Kier molecular flexibility index (Phi) is 4.86. The minimum Gasteiger partial charge on any atom is -0.302 e. The molecule has 0 aromatic heterocycles. The Morgan fingerprint density at radius 1 is 1.05 bits per heavy atom. The normalized spacial score (nSPS) is 13.4. The average molecular weight is 268 g/mol. The van der Waals surface area contributed by atoms with Crippen molar-refractivity contribution in [2.24, 2.45) is 0 Å². The van der Waals surface area contributed by atoms with Gasteiger partial charge in [-0.25, -0.2) is 4.39 Å². The van der Waals surface area contributed by atoms with Gasteiger partial charge < -0.3 is 5.32 Å². The Balaban J connectivity index is 2.12. The van der Waals surface area contributed by atoms with Gasteiger partial charge in [0.15, 0.2) is 0 Å². The van der Waals surface area contributed by atoms with E-state index < -0.39 is 0 Å². The summed E-state index contributed by atoms with van der Waals surface area (Å²) >= 11 is 0. The van der Waals surface area contributed by atoms with Crippen LogP contribution < -0.4 is 5.32 Å². The van der Waals surface area contributed by atoms with Gasteiger partial charge in [0.2, 0.25) is 0 Å². The number of hydrogen-bond acceptors (Lipinski definition) is 2. The number of nitriles is 1. The molecule has 2 nitrogen and oxygen atoms in total. The fourth-order valence-corrected chi connectivity index (χ4v) is 2.20. The zero-order chi connectivity index (χ0) is 14.4. The van der Waals surface area contributed by atoms with E-state index >= 15 is 0 Å². The van der Waals surface area contributed by atoms with Gasteiger partial charge in [-0.1, -0.05) is 42.5 Å². The van der Waals surface area contributed by atoms with Crippen LogP contribution in [0.25, 0.3) is 0 Å². The molecule has 0 bridgehead atoms. The quantitative estimate of drug-likeness (QED) is 0.885. The Bertz CT molecular complexity index is 572. The number of nitrogens with zero attached hydrogens (tertiary/aromatic N) is 1. The molecule has 2 aromatic carbocycles. The summed E-state index contributed by atoms with van der Waals surface area (Å²) in [6.07, 6.45) is 0.398. The van der Waals surface area contributed by atoms with Crippen LogP contribution in [0.3, 0.4) is 0 Å². The van der Waals surface area contributed by atoms with Gasteiger partial charge in [0.25, 0.3) is 0 Å². The number of rotatable bonds is 5. The molecule has 0 radical (unpaired) electrons. The maximum Gasteiger partial charge on any atom is 0.123 e. The van der Waals surface area contributed by atoms with Crippen LogP contribution in [-0.2, 0) is 0 Å². The van der Waals surface area contributed by atoms with Crippen molar-refractivity contribution in [3.8, 4) is 6.07 Å². The van der Waals surface area contributed by atoms with Gasteiger partial charge in [-0.3, -0.25) is 0 Å². The predicted octanol–water partition coefficient (Wildman–Crippen LogP) is 4.13. The first kappa shape index (κ1) is 14.2. The molecular weight excluding hydrogens is 251 g/mol. The van der Waals surface area contributed by atoms with Crippen LogP contribution in [-0.4, -0.2) is 0 Å². The third kappa shape index (κ3) is 3.66. The fraction of sp³-hybridized carbons (Fsp3) is 0.235. The molecule has 0 amide bonds. The molecular formula is C17H17FN2. The zero-order valence-corrected chi connectivity index (χ0v) is 11.4. The first-order chi connectivity index (χ1) is 9.70. The highest BCUT2D eigenvalue weighted by Crippen LogP contribution is 2.22. The third-order valence-electron chi connectivity index (χ3n) is 3.32. The summed E-state index contributed by atoms with van der Waals surface area (Å²) in [4.78, 5) is 0. The Morgan fingerprint density at radius 2 is 1.70 bits per heavy atom. The van der Waals surface area contributed by atoms with Gasteiger partial charge >= 0.3 is 0 Å². The first-order valence-corrected chi connectivity index (χ1v) is 6.64. The molecule has 0 aliphatic rings. The van der Waals surface area contributed by atoms with Crippen LogP contribution in [0.2, 0.25) is 0 Å². The molecule has 0 heterocycles. The van der Waals surface area contributed by atoms with E-state index in [4.69, 9.17) is 5.26 Å². The van der Waals surface area contributed by atoms with E-state index in [9.17, 15) is 4.39 Å². The lowest BCUT2D eigenvalue weighted by Gasteiger charge is -2.22. The molecule has 0 aliphatic heterocycles. The SMILES string of the molecule is C[C@@H](NC(CC#N)c1ccccc1)c1ccc(F)cc1. The molecule has 2 atom stereocenters. The van der Waals surface area contributed by atoms with Gasteiger partial charge in [0.05, 0.1) is 12.5 Å². The van der Waals surface area contributed by atoms with Crippen molar-refractivity contribution in [1.82, 2.24) is 5.32 Å². The first-order valence-electron chi connectivity index (χ1n) is 6.64. The lowest BCUT2D eigenvalue weighted by atomic mass is 10.0. The Hall–Kier alpha value is -2.18. The van der Waals surface area contributed by atoms with Crippen LogP contribution >= 0.6 is 0 Å². The summed E-state index contributed by atoms with van der Waals surface area (Å²) in [6, 6.07) is 18.6. The summed E-state index contributed by atoms with van der Waals surface area (Å²) in [5.74, 6) is -0.238. The van der Waals surface area contributed by atoms with Crippen molar-refractivity contribution in [2.75, 3.05) is 0 Å². The highest BCUT2D eigenvalue weighted by molar-refractivity contribution is 5.23. The third-order valence-corrected chi connectivity index (χ3v) is 3.32. The smallest absolute Gasteiger partial charge is 0.123 e. The van der Waals surface area contributed by atoms with Gasteiger partial charge in [-0.05, 0) is 30.2 Å². The molecule has 0 aliphatic carbocycles. The summed E-state index contributed by atoms with van der Waals surface area (Å²) in [5, 5.41) is 12.4. The maximum atomic E-state index is 12.9. The molecule has 2 rings (SSSR count). The van der Waals surface area contributed by atoms with E-state index in [1.54, 1.807) is 12.1 Å². The lowest BCUT2D eigenvalue weighted by Crippen LogP contribution is -2.24. The van der Waals surface area contributed by atoms with Crippen molar-refractivity contribution in [2.45, 2.75) is 25.4 Å². The van der Waals surface area contributed by atoms with Crippen molar-refractivity contribution >= 4 is 0 Å². The average Bonchev–Trinajstić information content (AvgIpc) is 2.48. The molecule has 1 unspecified atom stereocenters. The van der Waals surface area contributed by atoms with E-state index in [-0.39, 0.29) is 17.9 Å². The van der Waals surface area contributed by atoms with E-state index in [0.29, 0.717) is 6.42 Å². The standard InChI is InChI=1S/C17H17FN2/c1-13(14-7-9-16(18)10-8-14)20-17(11-12-19)15-5-3-2-4-6-15/h2-10,13,17,20H,11H2,1H3/t13-,17?/m1/s1. The van der Waals surface area contributed by atoms with Gasteiger partial charge in [-0.2, -0.15) is 5.26 Å². The molecule has 0 fully saturated rings. The molecule has 2 aromatic rings. The minimum atomic E-state index is -0.238. The fourth-order valence-electron chi connectivity index (χ4n) is 2.20. The second-order valence-corrected chi connectivity index (χ2v) is 4.77. The monoisotopic (exact) mass is 268 g/mol. The van der Waals surface area contributed by atoms with Crippen LogP contribution in [0.15, 0.2) is 54.6 Å². The minimum absolute atomic E-state index is 0.0266. The van der Waals surface area contributed by atoms with Crippen molar-refractivity contribution < 1.29 is 4.39 Å². The van der Waals surface area contributed by atoms with Crippen LogP contribution in [0.5, 0.6) is 0 Å². The maximum absolute atomic E-state index is 12.9. The van der Waals surface area contributed by atoms with Gasteiger partial charge in [-0.15, -0.1) is 0 Å². The summed E-state index contributed by atoms with van der Waals surface area (Å²) in [7, 11) is 0. The lowest BCUT2D eigenvalue weighted by molar-refractivity contribution is 0.472. The van der Waals surface area contributed by atoms with E-state index in [1.165, 1.54) is 12.1 Å². The predicted molar refractivity (Wildman–Crippen MR) is 77.4 cm³/mol. The number of halogens is 1. The van der Waals surface area contributed by atoms with Crippen molar-refractivity contribution in [1.29, 1.82) is 5.26 Å². The van der Waals surface area contributed by atoms with Crippen molar-refractivity contribution in [3.05, 3.63) is 71.5 Å². The molecule has 0 saturated heterocycles. The molecule has 0 spiro atoms. The molecule has 0 saturated carbocycles. The summed E-state index contributed by atoms with van der Waals surface area (Å²) in [6.45, 7) is 2.01. The second kappa shape index (κ2) is 6.83. The number of nitrogens with one attached hydrogen (secondary N) is 1. The van der Waals surface area contributed by atoms with Crippen LogP contribution in [0.1, 0.15) is 36.6 Å². The van der Waals surface area contributed by atoms with Gasteiger partial charge in [0, 0.05) is 12.1 Å². The van der Waals surface area contributed by atoms with E-state index in [1.807, 2.05) is 37.3 Å². The largest absolute Gasteiger partial charge is 0.302 e. The Morgan fingerprint density at radius 3 is 2.30 bits per heavy atom. The highest BCUT2D eigenvalue weighted by Gasteiger charge is 2.15. The van der Waals surface area contributed by atoms with E-state index in [0.717, 1.165) is 11.1 Å². The highest BCUT2D eigenvalue weighted by atomic mass is 19.1. The van der Waals surface area contributed by atoms with Crippen molar-refractivity contribution in [3.63, 3.8) is 0 Å². The second-order valence-electron chi connectivity index (χ2n) is 4.77. The summed E-state index contributed by atoms with van der Waals surface area (Å²) in [5.41, 5.74) is 2.09. The molecule has 102 valence electrons. The molecule has 20 heavy (non-hydrogen) atoms. The summed E-state index contributed by atoms with van der Waals surface area (Å²) < 4.78 is 12.9. The molecule has 1 N–H and O–H groups in total. The van der Waals surface area contributed by atoms with Crippen LogP contribution in [0, 0.1) is 17.1 Å². The number of hydrogen-bond donors (Lipinski definition) is 1. The topological polar surface area (TPSA) is 35.8 Å². The van der Waals surface area contributed by atoms with Crippen LogP contribution in [0.4, 0.5) is 4.39 Å². The number of benzene rings is 2. The molecule has 3 heteroatoms. The Labute approximate surface area is 118 Å².